The molecule has 31 heavy (non-hydrogen) atoms. The number of hydrogen-bond acceptors (Lipinski definition) is 7. The number of thiazole rings is 1. The third kappa shape index (κ3) is 5.86. The second-order valence-electron chi connectivity index (χ2n) is 6.12. The predicted octanol–water partition coefficient (Wildman–Crippen LogP) is 5.97. The number of benzene rings is 2. The molecule has 0 unspecified atom stereocenters. The largest absolute Gasteiger partial charge is 0.431 e. The van der Waals surface area contributed by atoms with Crippen LogP contribution in [-0.4, -0.2) is 27.6 Å². The van der Waals surface area contributed by atoms with Crippen molar-refractivity contribution in [1.82, 2.24) is 4.98 Å². The first-order valence-corrected chi connectivity index (χ1v) is 9.78. The number of carbonyl (C=O) groups excluding carboxylic acids is 1. The maximum atomic E-state index is 13.3. The lowest BCUT2D eigenvalue weighted by atomic mass is 10.1. The average molecular weight is 469 g/mol. The molecule has 0 atom stereocenters. The number of alkyl halides is 3. The van der Waals surface area contributed by atoms with Gasteiger partial charge in [-0.3, -0.25) is 20.3 Å². The van der Waals surface area contributed by atoms with Gasteiger partial charge in [-0.05, 0) is 36.4 Å². The zero-order valence-corrected chi connectivity index (χ0v) is 17.0. The maximum absolute atomic E-state index is 13.3. The zero-order valence-electron chi connectivity index (χ0n) is 15.4. The molecular weight excluding hydrogens is 457 g/mol. The zero-order chi connectivity index (χ0) is 22.6. The van der Waals surface area contributed by atoms with Gasteiger partial charge in [-0.25, -0.2) is 4.98 Å². The summed E-state index contributed by atoms with van der Waals surface area (Å²) in [6.45, 7) is 0. The van der Waals surface area contributed by atoms with Crippen LogP contribution in [0.1, 0.15) is 16.8 Å². The third-order valence-corrected chi connectivity index (χ3v) is 4.98. The smallest absolute Gasteiger partial charge is 0.294 e. The Bertz CT molecular complexity index is 1130. The van der Waals surface area contributed by atoms with Crippen molar-refractivity contribution in [3.8, 4) is 11.3 Å². The number of carbonyl (C=O) groups is 1. The Balaban J connectivity index is 1.74. The lowest BCUT2D eigenvalue weighted by Gasteiger charge is -2.10. The number of aromatic nitrogens is 1. The van der Waals surface area contributed by atoms with Crippen LogP contribution in [0.2, 0.25) is 5.02 Å². The number of hydrazone groups is 1. The van der Waals surface area contributed by atoms with E-state index in [0.29, 0.717) is 16.3 Å². The Morgan fingerprint density at radius 1 is 1.16 bits per heavy atom. The topological polar surface area (TPSA) is 97.5 Å². The van der Waals surface area contributed by atoms with Crippen molar-refractivity contribution in [3.63, 3.8) is 0 Å². The molecular formula is C19H12ClF3N4O3S. The van der Waals surface area contributed by atoms with E-state index < -0.39 is 29.0 Å². The Hall–Kier alpha value is -3.31. The molecule has 0 fully saturated rings. The number of nitrogens with zero attached hydrogens (tertiary/aromatic N) is 3. The first-order chi connectivity index (χ1) is 14.6. The molecule has 12 heteroatoms. The molecule has 0 saturated carbocycles. The Morgan fingerprint density at radius 3 is 2.39 bits per heavy atom. The van der Waals surface area contributed by atoms with E-state index in [9.17, 15) is 28.1 Å². The number of nitrogens with one attached hydrogen (secondary N) is 1. The molecule has 0 aliphatic rings. The normalized spacial score (nSPS) is 11.9. The SMILES string of the molecule is O=C(C/C(=N/Nc1nc(-c2ccc([N+](=O)[O-])cc2)cs1)C(F)(F)F)c1ccc(Cl)cc1. The summed E-state index contributed by atoms with van der Waals surface area (Å²) in [6, 6.07) is 11.0. The lowest BCUT2D eigenvalue weighted by Crippen LogP contribution is -2.27. The van der Waals surface area contributed by atoms with Crippen molar-refractivity contribution >= 4 is 45.3 Å². The van der Waals surface area contributed by atoms with Crippen molar-refractivity contribution in [2.75, 3.05) is 5.43 Å². The minimum atomic E-state index is -4.83. The number of Topliss-reactive ketones (excluding diaryl/α,β-unsaturated/α-hetero) is 1. The summed E-state index contributed by atoms with van der Waals surface area (Å²) in [6.07, 6.45) is -5.79. The Kier molecular flexibility index (Phi) is 6.66. The Morgan fingerprint density at radius 2 is 1.81 bits per heavy atom. The van der Waals surface area contributed by atoms with E-state index in [1.807, 2.05) is 0 Å². The molecule has 1 aromatic heterocycles. The number of hydrogen-bond donors (Lipinski definition) is 1. The first kappa shape index (κ1) is 22.4. The number of ketones is 1. The summed E-state index contributed by atoms with van der Waals surface area (Å²) in [7, 11) is 0. The van der Waals surface area contributed by atoms with Crippen LogP contribution in [0.15, 0.2) is 59.0 Å². The van der Waals surface area contributed by atoms with Gasteiger partial charge in [0.15, 0.2) is 5.78 Å². The molecule has 7 nitrogen and oxygen atoms in total. The van der Waals surface area contributed by atoms with Gasteiger partial charge >= 0.3 is 6.18 Å². The average Bonchev–Trinajstić information content (AvgIpc) is 3.19. The monoisotopic (exact) mass is 468 g/mol. The van der Waals surface area contributed by atoms with E-state index in [4.69, 9.17) is 11.6 Å². The van der Waals surface area contributed by atoms with E-state index in [1.165, 1.54) is 48.5 Å². The van der Waals surface area contributed by atoms with Crippen molar-refractivity contribution in [2.24, 2.45) is 5.10 Å². The van der Waals surface area contributed by atoms with Gasteiger partial charge in [-0.15, -0.1) is 11.3 Å². The first-order valence-electron chi connectivity index (χ1n) is 8.52. The van der Waals surface area contributed by atoms with Crippen LogP contribution in [0.5, 0.6) is 0 Å². The van der Waals surface area contributed by atoms with Gasteiger partial charge < -0.3 is 0 Å². The molecule has 160 valence electrons. The summed E-state index contributed by atoms with van der Waals surface area (Å²) in [5.41, 5.74) is 1.86. The number of nitro benzene ring substituents is 1. The molecule has 0 radical (unpaired) electrons. The minimum absolute atomic E-state index is 0.0639. The van der Waals surface area contributed by atoms with Crippen LogP contribution in [0.3, 0.4) is 0 Å². The van der Waals surface area contributed by atoms with Gasteiger partial charge in [0.2, 0.25) is 5.13 Å². The third-order valence-electron chi connectivity index (χ3n) is 3.99. The summed E-state index contributed by atoms with van der Waals surface area (Å²) in [5, 5.41) is 16.0. The van der Waals surface area contributed by atoms with E-state index in [1.54, 1.807) is 5.38 Å². The molecule has 0 bridgehead atoms. The Labute approximate surface area is 182 Å². The predicted molar refractivity (Wildman–Crippen MR) is 112 cm³/mol. The standard InChI is InChI=1S/C19H12ClF3N4O3S/c20-13-5-1-12(2-6-13)16(28)9-17(19(21,22)23)25-26-18-24-15(10-31-18)11-3-7-14(8-4-11)27(29)30/h1-8,10H,9H2,(H,24,26)/b25-17-. The fraction of sp³-hybridized carbons (Fsp3) is 0.105. The summed E-state index contributed by atoms with van der Waals surface area (Å²) in [4.78, 5) is 26.5. The van der Waals surface area contributed by atoms with Gasteiger partial charge in [0.1, 0.15) is 5.71 Å². The van der Waals surface area contributed by atoms with Crippen LogP contribution in [0.4, 0.5) is 24.0 Å². The number of rotatable bonds is 7. The van der Waals surface area contributed by atoms with E-state index >= 15 is 0 Å². The molecule has 1 heterocycles. The number of nitro groups is 1. The van der Waals surface area contributed by atoms with E-state index in [-0.39, 0.29) is 16.4 Å². The highest BCUT2D eigenvalue weighted by molar-refractivity contribution is 7.14. The van der Waals surface area contributed by atoms with E-state index in [2.05, 4.69) is 15.5 Å². The van der Waals surface area contributed by atoms with E-state index in [0.717, 1.165) is 11.3 Å². The molecule has 3 aromatic rings. The van der Waals surface area contributed by atoms with Gasteiger partial charge in [0.25, 0.3) is 5.69 Å². The highest BCUT2D eigenvalue weighted by atomic mass is 35.5. The highest BCUT2D eigenvalue weighted by Gasteiger charge is 2.37. The molecule has 0 saturated heterocycles. The van der Waals surface area contributed by atoms with Crippen molar-refractivity contribution in [2.45, 2.75) is 12.6 Å². The molecule has 0 spiro atoms. The van der Waals surface area contributed by atoms with Crippen LogP contribution in [-0.2, 0) is 0 Å². The second kappa shape index (κ2) is 9.23. The van der Waals surface area contributed by atoms with Crippen LogP contribution in [0.25, 0.3) is 11.3 Å². The van der Waals surface area contributed by atoms with Crippen molar-refractivity contribution in [3.05, 3.63) is 74.6 Å². The summed E-state index contributed by atoms with van der Waals surface area (Å²) >= 11 is 6.71. The van der Waals surface area contributed by atoms with Gasteiger partial charge in [0, 0.05) is 33.7 Å². The number of anilines is 1. The molecule has 1 N–H and O–H groups in total. The highest BCUT2D eigenvalue weighted by Crippen LogP contribution is 2.27. The fourth-order valence-electron chi connectivity index (χ4n) is 2.42. The van der Waals surface area contributed by atoms with Crippen LogP contribution in [0, 0.1) is 10.1 Å². The van der Waals surface area contributed by atoms with Crippen molar-refractivity contribution in [1.29, 1.82) is 0 Å². The number of non-ortho nitro benzene ring substituents is 1. The number of halogens is 4. The van der Waals surface area contributed by atoms with Crippen molar-refractivity contribution < 1.29 is 22.9 Å². The van der Waals surface area contributed by atoms with Crippen LogP contribution < -0.4 is 5.43 Å². The minimum Gasteiger partial charge on any atom is -0.294 e. The molecule has 0 amide bonds. The maximum Gasteiger partial charge on any atom is 0.431 e. The molecule has 0 aliphatic heterocycles. The second-order valence-corrected chi connectivity index (χ2v) is 7.41. The molecule has 2 aromatic carbocycles. The van der Waals surface area contributed by atoms with Gasteiger partial charge in [0.05, 0.1) is 17.0 Å². The summed E-state index contributed by atoms with van der Waals surface area (Å²) in [5.74, 6) is -0.764. The van der Waals surface area contributed by atoms with Gasteiger partial charge in [-0.2, -0.15) is 18.3 Å². The van der Waals surface area contributed by atoms with Crippen LogP contribution >= 0.6 is 22.9 Å². The fourth-order valence-corrected chi connectivity index (χ4v) is 3.21. The molecule has 0 aliphatic carbocycles. The lowest BCUT2D eigenvalue weighted by molar-refractivity contribution is -0.384. The van der Waals surface area contributed by atoms with Gasteiger partial charge in [-0.1, -0.05) is 11.6 Å². The summed E-state index contributed by atoms with van der Waals surface area (Å²) < 4.78 is 40.0. The quantitative estimate of drug-likeness (QED) is 0.199. The molecule has 3 rings (SSSR count).